The number of nitrogen functional groups attached to an aromatic ring is 1. The smallest absolute Gasteiger partial charge is 0.340 e. The van der Waals surface area contributed by atoms with Crippen molar-refractivity contribution in [2.75, 3.05) is 12.8 Å². The molecule has 1 aromatic carbocycles. The lowest BCUT2D eigenvalue weighted by atomic mass is 10.1. The molecular formula is C9H8N2O2. The molecule has 0 spiro atoms. The fourth-order valence-electron chi connectivity index (χ4n) is 0.951. The first-order valence-electron chi connectivity index (χ1n) is 3.57. The van der Waals surface area contributed by atoms with Crippen LogP contribution >= 0.6 is 0 Å². The molecule has 0 aliphatic heterocycles. The second kappa shape index (κ2) is 3.59. The highest BCUT2D eigenvalue weighted by Gasteiger charge is 2.11. The molecule has 2 N–H and O–H groups in total. The van der Waals surface area contributed by atoms with Gasteiger partial charge in [0.1, 0.15) is 6.07 Å². The Bertz CT molecular complexity index is 380. The van der Waals surface area contributed by atoms with Crippen molar-refractivity contribution in [1.29, 1.82) is 5.26 Å². The first-order valence-corrected chi connectivity index (χ1v) is 3.57. The number of benzene rings is 1. The van der Waals surface area contributed by atoms with E-state index in [0.29, 0.717) is 0 Å². The summed E-state index contributed by atoms with van der Waals surface area (Å²) < 4.78 is 4.49. The normalized spacial score (nSPS) is 8.92. The van der Waals surface area contributed by atoms with Gasteiger partial charge < -0.3 is 10.5 Å². The van der Waals surface area contributed by atoms with E-state index in [1.54, 1.807) is 12.1 Å². The largest absolute Gasteiger partial charge is 0.465 e. The number of carbonyl (C=O) groups excluding carboxylic acids is 1. The van der Waals surface area contributed by atoms with Crippen LogP contribution in [-0.2, 0) is 4.74 Å². The number of hydrogen-bond acceptors (Lipinski definition) is 4. The van der Waals surface area contributed by atoms with E-state index in [1.807, 2.05) is 6.07 Å². The standard InChI is InChI=1S/C9H8N2O2/c1-13-9(12)7-4-2-3-6(5-10)8(7)11/h2-4H,11H2,1H3. The van der Waals surface area contributed by atoms with E-state index in [2.05, 4.69) is 4.74 Å². The van der Waals surface area contributed by atoms with Crippen molar-refractivity contribution < 1.29 is 9.53 Å². The third kappa shape index (κ3) is 1.59. The maximum Gasteiger partial charge on any atom is 0.340 e. The zero-order valence-corrected chi connectivity index (χ0v) is 7.07. The lowest BCUT2D eigenvalue weighted by Crippen LogP contribution is -2.06. The maximum atomic E-state index is 11.1. The summed E-state index contributed by atoms with van der Waals surface area (Å²) in [6, 6.07) is 6.53. The minimum absolute atomic E-state index is 0.164. The van der Waals surface area contributed by atoms with Crippen LogP contribution in [0, 0.1) is 11.3 Å². The zero-order valence-electron chi connectivity index (χ0n) is 7.07. The number of hydrogen-bond donors (Lipinski definition) is 1. The number of nitrogens with two attached hydrogens (primary N) is 1. The molecule has 0 unspecified atom stereocenters. The number of para-hydroxylation sites is 1. The van der Waals surface area contributed by atoms with Crippen LogP contribution in [0.1, 0.15) is 15.9 Å². The third-order valence-electron chi connectivity index (χ3n) is 1.63. The fourth-order valence-corrected chi connectivity index (χ4v) is 0.951. The van der Waals surface area contributed by atoms with Crippen molar-refractivity contribution in [3.8, 4) is 6.07 Å². The Hall–Kier alpha value is -2.02. The molecular weight excluding hydrogens is 168 g/mol. The summed E-state index contributed by atoms with van der Waals surface area (Å²) in [6.07, 6.45) is 0. The van der Waals surface area contributed by atoms with E-state index >= 15 is 0 Å². The van der Waals surface area contributed by atoms with Gasteiger partial charge in [0.05, 0.1) is 23.9 Å². The average Bonchev–Trinajstić information content (AvgIpc) is 2.17. The summed E-state index contributed by atoms with van der Waals surface area (Å²) in [6.45, 7) is 0. The van der Waals surface area contributed by atoms with Crippen molar-refractivity contribution in [2.45, 2.75) is 0 Å². The monoisotopic (exact) mass is 176 g/mol. The molecule has 4 nitrogen and oxygen atoms in total. The van der Waals surface area contributed by atoms with Crippen molar-refractivity contribution in [3.63, 3.8) is 0 Å². The van der Waals surface area contributed by atoms with Crippen LogP contribution < -0.4 is 5.73 Å². The Morgan fingerprint density at radius 1 is 1.62 bits per heavy atom. The highest BCUT2D eigenvalue weighted by Crippen LogP contribution is 2.16. The SMILES string of the molecule is COC(=O)c1cccc(C#N)c1N. The Morgan fingerprint density at radius 2 is 2.31 bits per heavy atom. The molecule has 0 saturated carbocycles. The number of ether oxygens (including phenoxy) is 1. The minimum Gasteiger partial charge on any atom is -0.465 e. The predicted molar refractivity (Wildman–Crippen MR) is 46.9 cm³/mol. The van der Waals surface area contributed by atoms with E-state index in [9.17, 15) is 4.79 Å². The van der Waals surface area contributed by atoms with Gasteiger partial charge in [-0.3, -0.25) is 0 Å². The van der Waals surface area contributed by atoms with Gasteiger partial charge in [-0.2, -0.15) is 5.26 Å². The highest BCUT2D eigenvalue weighted by atomic mass is 16.5. The number of rotatable bonds is 1. The van der Waals surface area contributed by atoms with E-state index < -0.39 is 5.97 Å². The van der Waals surface area contributed by atoms with E-state index in [4.69, 9.17) is 11.0 Å². The van der Waals surface area contributed by atoms with Crippen LogP contribution in [0.5, 0.6) is 0 Å². The molecule has 1 rings (SSSR count). The van der Waals surface area contributed by atoms with Crippen molar-refractivity contribution in [3.05, 3.63) is 29.3 Å². The molecule has 0 aliphatic carbocycles. The lowest BCUT2D eigenvalue weighted by molar-refractivity contribution is 0.0602. The predicted octanol–water partition coefficient (Wildman–Crippen LogP) is 0.927. The summed E-state index contributed by atoms with van der Waals surface area (Å²) in [4.78, 5) is 11.1. The molecule has 0 saturated heterocycles. The first kappa shape index (κ1) is 9.07. The number of anilines is 1. The van der Waals surface area contributed by atoms with Gasteiger partial charge in [0.25, 0.3) is 0 Å². The van der Waals surface area contributed by atoms with Gasteiger partial charge in [0, 0.05) is 0 Å². The molecule has 0 radical (unpaired) electrons. The second-order valence-electron chi connectivity index (χ2n) is 2.37. The molecule has 0 atom stereocenters. The van der Waals surface area contributed by atoms with Gasteiger partial charge in [-0.15, -0.1) is 0 Å². The Kier molecular flexibility index (Phi) is 2.50. The van der Waals surface area contributed by atoms with Crippen LogP contribution in [0.25, 0.3) is 0 Å². The Morgan fingerprint density at radius 3 is 2.85 bits per heavy atom. The molecule has 0 amide bonds. The van der Waals surface area contributed by atoms with Gasteiger partial charge >= 0.3 is 5.97 Å². The quantitative estimate of drug-likeness (QED) is 0.510. The minimum atomic E-state index is -0.533. The van der Waals surface area contributed by atoms with Gasteiger partial charge in [-0.05, 0) is 12.1 Å². The lowest BCUT2D eigenvalue weighted by Gasteiger charge is -2.03. The summed E-state index contributed by atoms with van der Waals surface area (Å²) in [5, 5.41) is 8.62. The number of esters is 1. The number of nitriles is 1. The third-order valence-corrected chi connectivity index (χ3v) is 1.63. The van der Waals surface area contributed by atoms with Crippen LogP contribution in [-0.4, -0.2) is 13.1 Å². The molecule has 0 bridgehead atoms. The molecule has 1 aromatic rings. The highest BCUT2D eigenvalue weighted by molar-refractivity contribution is 5.96. The summed E-state index contributed by atoms with van der Waals surface area (Å²) in [7, 11) is 1.26. The van der Waals surface area contributed by atoms with Gasteiger partial charge in [0.2, 0.25) is 0 Å². The van der Waals surface area contributed by atoms with E-state index in [1.165, 1.54) is 13.2 Å². The second-order valence-corrected chi connectivity index (χ2v) is 2.37. The van der Waals surface area contributed by atoms with Crippen molar-refractivity contribution >= 4 is 11.7 Å². The molecule has 4 heteroatoms. The Labute approximate surface area is 75.5 Å². The topological polar surface area (TPSA) is 76.1 Å². The summed E-state index contributed by atoms with van der Waals surface area (Å²) >= 11 is 0. The van der Waals surface area contributed by atoms with Gasteiger partial charge in [0.15, 0.2) is 0 Å². The van der Waals surface area contributed by atoms with Crippen molar-refractivity contribution in [2.24, 2.45) is 0 Å². The Balaban J connectivity index is 3.25. The average molecular weight is 176 g/mol. The number of methoxy groups -OCH3 is 1. The number of nitrogens with zero attached hydrogens (tertiary/aromatic N) is 1. The molecule has 0 aliphatic rings. The van der Waals surface area contributed by atoms with E-state index in [0.717, 1.165) is 0 Å². The summed E-state index contributed by atoms with van der Waals surface area (Å²) in [5.41, 5.74) is 6.21. The van der Waals surface area contributed by atoms with Gasteiger partial charge in [-0.25, -0.2) is 4.79 Å². The first-order chi connectivity index (χ1) is 6.20. The van der Waals surface area contributed by atoms with Crippen LogP contribution in [0.15, 0.2) is 18.2 Å². The van der Waals surface area contributed by atoms with Crippen LogP contribution in [0.3, 0.4) is 0 Å². The zero-order chi connectivity index (χ0) is 9.84. The van der Waals surface area contributed by atoms with Crippen LogP contribution in [0.2, 0.25) is 0 Å². The molecule has 0 aromatic heterocycles. The molecule has 0 heterocycles. The summed E-state index contributed by atoms with van der Waals surface area (Å²) in [5.74, 6) is -0.533. The molecule has 0 fully saturated rings. The maximum absolute atomic E-state index is 11.1. The fraction of sp³-hybridized carbons (Fsp3) is 0.111. The van der Waals surface area contributed by atoms with Crippen molar-refractivity contribution in [1.82, 2.24) is 0 Å². The van der Waals surface area contributed by atoms with Crippen LogP contribution in [0.4, 0.5) is 5.69 Å². The molecule has 13 heavy (non-hydrogen) atoms. The van der Waals surface area contributed by atoms with Gasteiger partial charge in [-0.1, -0.05) is 6.07 Å². The van der Waals surface area contributed by atoms with E-state index in [-0.39, 0.29) is 16.8 Å². The molecule has 66 valence electrons. The number of carbonyl (C=O) groups is 1.